The van der Waals surface area contributed by atoms with Crippen LogP contribution < -0.4 is 16.8 Å². The predicted octanol–water partition coefficient (Wildman–Crippen LogP) is 1.10. The molecule has 1 aromatic carbocycles. The third-order valence-electron chi connectivity index (χ3n) is 2.61. The zero-order valence-electron chi connectivity index (χ0n) is 10.5. The van der Waals surface area contributed by atoms with Gasteiger partial charge in [0.05, 0.1) is 11.9 Å². The van der Waals surface area contributed by atoms with Crippen LogP contribution in [-0.2, 0) is 0 Å². The van der Waals surface area contributed by atoms with Crippen LogP contribution in [0.15, 0.2) is 30.5 Å². The van der Waals surface area contributed by atoms with Gasteiger partial charge in [0.25, 0.3) is 0 Å². The molecule has 0 saturated heterocycles. The van der Waals surface area contributed by atoms with Crippen molar-refractivity contribution in [2.24, 2.45) is 0 Å². The highest BCUT2D eigenvalue weighted by atomic mass is 16.3. The van der Waals surface area contributed by atoms with Crippen molar-refractivity contribution in [3.63, 3.8) is 0 Å². The fourth-order valence-corrected chi connectivity index (χ4v) is 1.65. The molecular weight excluding hydrogens is 242 g/mol. The van der Waals surface area contributed by atoms with Gasteiger partial charge in [0.2, 0.25) is 0 Å². The summed E-state index contributed by atoms with van der Waals surface area (Å²) in [5, 5.41) is 11.8. The van der Waals surface area contributed by atoms with Crippen molar-refractivity contribution in [1.82, 2.24) is 9.97 Å². The highest BCUT2D eigenvalue weighted by Crippen LogP contribution is 2.22. The zero-order valence-corrected chi connectivity index (χ0v) is 10.5. The van der Waals surface area contributed by atoms with Crippen molar-refractivity contribution in [3.8, 4) is 11.3 Å². The summed E-state index contributed by atoms with van der Waals surface area (Å²) in [6.45, 7) is 0.713. The summed E-state index contributed by atoms with van der Waals surface area (Å²) in [6, 6.07) is 7.42. The Hall–Kier alpha value is -2.34. The van der Waals surface area contributed by atoms with Gasteiger partial charge in [-0.15, -0.1) is 0 Å². The van der Waals surface area contributed by atoms with E-state index in [0.717, 1.165) is 5.56 Å². The molecule has 1 aromatic heterocycles. The molecule has 0 aliphatic rings. The van der Waals surface area contributed by atoms with Crippen LogP contribution in [0.3, 0.4) is 0 Å². The zero-order chi connectivity index (χ0) is 13.7. The van der Waals surface area contributed by atoms with E-state index in [1.54, 1.807) is 6.20 Å². The summed E-state index contributed by atoms with van der Waals surface area (Å²) in [5.74, 6) is 0.860. The Morgan fingerprint density at radius 2 is 2.11 bits per heavy atom. The monoisotopic (exact) mass is 259 g/mol. The number of nitrogens with zero attached hydrogens (tertiary/aromatic N) is 2. The maximum Gasteiger partial charge on any atom is 0.169 e. The molecule has 1 heterocycles. The molecule has 0 radical (unpaired) electrons. The number of aromatic nitrogens is 2. The van der Waals surface area contributed by atoms with Crippen LogP contribution in [0.5, 0.6) is 0 Å². The molecular formula is C13H17N5O. The number of hydrogen-bond donors (Lipinski definition) is 4. The molecule has 19 heavy (non-hydrogen) atoms. The van der Waals surface area contributed by atoms with E-state index in [1.165, 1.54) is 0 Å². The standard InChI is InChI=1S/C13H17N5O/c14-10-4-1-3-9(7-10)11-8-17-12(15)13(18-11)16-5-2-6-19/h1,3-4,7-8,19H,2,5-6,14H2,(H2,15,17)(H,16,18). The average Bonchev–Trinajstić information content (AvgIpc) is 2.41. The summed E-state index contributed by atoms with van der Waals surface area (Å²) in [4.78, 5) is 8.53. The van der Waals surface area contributed by atoms with E-state index >= 15 is 0 Å². The lowest BCUT2D eigenvalue weighted by Gasteiger charge is -2.09. The van der Waals surface area contributed by atoms with Gasteiger partial charge >= 0.3 is 0 Å². The van der Waals surface area contributed by atoms with E-state index in [-0.39, 0.29) is 6.61 Å². The molecule has 0 amide bonds. The molecule has 0 atom stereocenters. The first-order valence-electron chi connectivity index (χ1n) is 6.04. The fourth-order valence-electron chi connectivity index (χ4n) is 1.65. The molecule has 6 N–H and O–H groups in total. The van der Waals surface area contributed by atoms with Gasteiger partial charge in [-0.2, -0.15) is 0 Å². The first-order valence-corrected chi connectivity index (χ1v) is 6.04. The molecule has 100 valence electrons. The summed E-state index contributed by atoms with van der Waals surface area (Å²) in [7, 11) is 0. The number of nitrogens with one attached hydrogen (secondary N) is 1. The molecule has 0 unspecified atom stereocenters. The fraction of sp³-hybridized carbons (Fsp3) is 0.231. The van der Waals surface area contributed by atoms with Crippen LogP contribution in [0.25, 0.3) is 11.3 Å². The molecule has 6 heteroatoms. The quantitative estimate of drug-likeness (QED) is 0.473. The van der Waals surface area contributed by atoms with Crippen molar-refractivity contribution in [3.05, 3.63) is 30.5 Å². The summed E-state index contributed by atoms with van der Waals surface area (Å²) in [5.41, 5.74) is 13.8. The first kappa shape index (κ1) is 13.1. The maximum atomic E-state index is 8.76. The van der Waals surface area contributed by atoms with Gasteiger partial charge in [-0.05, 0) is 18.6 Å². The van der Waals surface area contributed by atoms with Crippen LogP contribution in [0, 0.1) is 0 Å². The predicted molar refractivity (Wildman–Crippen MR) is 76.5 cm³/mol. The van der Waals surface area contributed by atoms with Crippen LogP contribution in [0.4, 0.5) is 17.3 Å². The Morgan fingerprint density at radius 1 is 1.26 bits per heavy atom. The van der Waals surface area contributed by atoms with Crippen molar-refractivity contribution < 1.29 is 5.11 Å². The number of nitrogen functional groups attached to an aromatic ring is 2. The molecule has 2 aromatic rings. The van der Waals surface area contributed by atoms with Gasteiger partial charge < -0.3 is 21.9 Å². The Morgan fingerprint density at radius 3 is 2.84 bits per heavy atom. The highest BCUT2D eigenvalue weighted by Gasteiger charge is 2.06. The molecule has 0 saturated carbocycles. The van der Waals surface area contributed by atoms with Gasteiger partial charge in [0, 0.05) is 24.4 Å². The summed E-state index contributed by atoms with van der Waals surface area (Å²) < 4.78 is 0. The van der Waals surface area contributed by atoms with Crippen LogP contribution in [-0.4, -0.2) is 28.2 Å². The summed E-state index contributed by atoms with van der Waals surface area (Å²) in [6.07, 6.45) is 2.24. The molecule has 6 nitrogen and oxygen atoms in total. The maximum absolute atomic E-state index is 8.76. The van der Waals surface area contributed by atoms with Gasteiger partial charge in [0.15, 0.2) is 11.6 Å². The Bertz CT molecular complexity index is 558. The average molecular weight is 259 g/mol. The van der Waals surface area contributed by atoms with E-state index in [1.807, 2.05) is 24.3 Å². The van der Waals surface area contributed by atoms with Crippen molar-refractivity contribution >= 4 is 17.3 Å². The minimum absolute atomic E-state index is 0.120. The minimum atomic E-state index is 0.120. The van der Waals surface area contributed by atoms with Crippen LogP contribution in [0.2, 0.25) is 0 Å². The second-order valence-corrected chi connectivity index (χ2v) is 4.12. The largest absolute Gasteiger partial charge is 0.399 e. The van der Waals surface area contributed by atoms with Gasteiger partial charge in [0.1, 0.15) is 0 Å². The molecule has 2 rings (SSSR count). The van der Waals surface area contributed by atoms with Gasteiger partial charge in [-0.1, -0.05) is 12.1 Å². The Balaban J connectivity index is 2.25. The Labute approximate surface area is 111 Å². The topological polar surface area (TPSA) is 110 Å². The Kier molecular flexibility index (Phi) is 4.15. The molecule has 0 bridgehead atoms. The molecule has 0 fully saturated rings. The number of aliphatic hydroxyl groups is 1. The number of anilines is 3. The van der Waals surface area contributed by atoms with E-state index in [2.05, 4.69) is 15.3 Å². The van der Waals surface area contributed by atoms with Crippen molar-refractivity contribution in [1.29, 1.82) is 0 Å². The first-order chi connectivity index (χ1) is 9.20. The van der Waals surface area contributed by atoms with E-state index in [0.29, 0.717) is 36.0 Å². The van der Waals surface area contributed by atoms with Gasteiger partial charge in [-0.3, -0.25) is 0 Å². The lowest BCUT2D eigenvalue weighted by atomic mass is 10.1. The second kappa shape index (κ2) is 6.01. The van der Waals surface area contributed by atoms with Crippen LogP contribution in [0.1, 0.15) is 6.42 Å². The highest BCUT2D eigenvalue weighted by molar-refractivity contribution is 5.67. The van der Waals surface area contributed by atoms with E-state index < -0.39 is 0 Å². The van der Waals surface area contributed by atoms with E-state index in [4.69, 9.17) is 16.6 Å². The molecule has 0 aliphatic heterocycles. The second-order valence-electron chi connectivity index (χ2n) is 4.12. The number of benzene rings is 1. The number of aliphatic hydroxyl groups excluding tert-OH is 1. The lowest BCUT2D eigenvalue weighted by molar-refractivity contribution is 0.292. The molecule has 0 aliphatic carbocycles. The summed E-state index contributed by atoms with van der Waals surface area (Å²) >= 11 is 0. The lowest BCUT2D eigenvalue weighted by Crippen LogP contribution is -2.09. The number of nitrogens with two attached hydrogens (primary N) is 2. The van der Waals surface area contributed by atoms with Crippen molar-refractivity contribution in [2.45, 2.75) is 6.42 Å². The number of rotatable bonds is 5. The third-order valence-corrected chi connectivity index (χ3v) is 2.61. The third kappa shape index (κ3) is 3.32. The van der Waals surface area contributed by atoms with E-state index in [9.17, 15) is 0 Å². The number of hydrogen-bond acceptors (Lipinski definition) is 6. The molecule has 0 spiro atoms. The smallest absolute Gasteiger partial charge is 0.169 e. The minimum Gasteiger partial charge on any atom is -0.399 e. The van der Waals surface area contributed by atoms with Crippen LogP contribution >= 0.6 is 0 Å². The van der Waals surface area contributed by atoms with Gasteiger partial charge in [-0.25, -0.2) is 9.97 Å². The normalized spacial score (nSPS) is 10.4. The SMILES string of the molecule is Nc1cccc(-c2cnc(N)c(NCCCO)n2)c1. The van der Waals surface area contributed by atoms with Crippen molar-refractivity contribution in [2.75, 3.05) is 29.9 Å².